The molecule has 7 nitrogen and oxygen atoms in total. The highest BCUT2D eigenvalue weighted by Gasteiger charge is 2.41. The van der Waals surface area contributed by atoms with Crippen molar-refractivity contribution >= 4 is 17.7 Å². The van der Waals surface area contributed by atoms with Gasteiger partial charge in [-0.3, -0.25) is 24.6 Å². The Morgan fingerprint density at radius 2 is 1.71 bits per heavy atom. The third-order valence-corrected chi connectivity index (χ3v) is 8.10. The fourth-order valence-corrected chi connectivity index (χ4v) is 6.15. The number of rotatable bonds is 5. The molecule has 2 aromatic carbocycles. The van der Waals surface area contributed by atoms with E-state index >= 15 is 0 Å². The van der Waals surface area contributed by atoms with Gasteiger partial charge in [-0.1, -0.05) is 36.8 Å². The number of ether oxygens (including phenoxy) is 1. The van der Waals surface area contributed by atoms with E-state index < -0.39 is 6.04 Å². The number of nitrogens with zero attached hydrogens (tertiary/aromatic N) is 2. The summed E-state index contributed by atoms with van der Waals surface area (Å²) in [4.78, 5) is 40.9. The van der Waals surface area contributed by atoms with Crippen LogP contribution in [0.15, 0.2) is 48.5 Å². The Balaban J connectivity index is 1.12. The SMILES string of the molecule is O=C1CC[C@@H](N2Cc3cc(O[C@@H]4CCCC[C@@H]4N4CC(c5ccccc5)C4)ccc3C2=O)C(=O)N1. The summed E-state index contributed by atoms with van der Waals surface area (Å²) >= 11 is 0. The summed E-state index contributed by atoms with van der Waals surface area (Å²) in [6.07, 6.45) is 5.36. The average Bonchev–Trinajstić information content (AvgIpc) is 3.15. The minimum atomic E-state index is -0.594. The van der Waals surface area contributed by atoms with E-state index in [0.29, 0.717) is 30.5 Å². The normalized spacial score (nSPS) is 27.4. The molecule has 0 spiro atoms. The van der Waals surface area contributed by atoms with E-state index in [9.17, 15) is 14.4 Å². The Kier molecular flexibility index (Phi) is 5.80. The van der Waals surface area contributed by atoms with Gasteiger partial charge in [0.2, 0.25) is 11.8 Å². The monoisotopic (exact) mass is 473 g/mol. The van der Waals surface area contributed by atoms with Crippen molar-refractivity contribution in [3.63, 3.8) is 0 Å². The van der Waals surface area contributed by atoms with Crippen LogP contribution in [0, 0.1) is 0 Å². The molecule has 35 heavy (non-hydrogen) atoms. The second-order valence-electron chi connectivity index (χ2n) is 10.3. The molecule has 3 atom stereocenters. The quantitative estimate of drug-likeness (QED) is 0.675. The number of carbonyl (C=O) groups is 3. The topological polar surface area (TPSA) is 79.0 Å². The van der Waals surface area contributed by atoms with Crippen molar-refractivity contribution in [2.45, 2.75) is 69.2 Å². The van der Waals surface area contributed by atoms with E-state index in [1.165, 1.54) is 18.4 Å². The molecule has 3 aliphatic heterocycles. The maximum Gasteiger partial charge on any atom is 0.255 e. The van der Waals surface area contributed by atoms with Crippen molar-refractivity contribution in [3.05, 3.63) is 65.2 Å². The van der Waals surface area contributed by atoms with Crippen LogP contribution in [-0.4, -0.2) is 58.8 Å². The average molecular weight is 474 g/mol. The van der Waals surface area contributed by atoms with Gasteiger partial charge in [0.15, 0.2) is 0 Å². The number of likely N-dealkylation sites (tertiary alicyclic amines) is 1. The number of nitrogens with one attached hydrogen (secondary N) is 1. The molecule has 0 bridgehead atoms. The Morgan fingerprint density at radius 3 is 2.51 bits per heavy atom. The predicted octanol–water partition coefficient (Wildman–Crippen LogP) is 3.24. The highest BCUT2D eigenvalue weighted by molar-refractivity contribution is 6.05. The van der Waals surface area contributed by atoms with Gasteiger partial charge in [-0.2, -0.15) is 0 Å². The maximum absolute atomic E-state index is 13.0. The molecule has 1 N–H and O–H groups in total. The van der Waals surface area contributed by atoms with Gasteiger partial charge in [0.25, 0.3) is 5.91 Å². The molecule has 2 aromatic rings. The number of carbonyl (C=O) groups excluding carboxylic acids is 3. The summed E-state index contributed by atoms with van der Waals surface area (Å²) < 4.78 is 6.55. The molecule has 182 valence electrons. The van der Waals surface area contributed by atoms with Gasteiger partial charge >= 0.3 is 0 Å². The smallest absolute Gasteiger partial charge is 0.255 e. The molecule has 0 aromatic heterocycles. The van der Waals surface area contributed by atoms with Gasteiger partial charge in [-0.25, -0.2) is 0 Å². The third kappa shape index (κ3) is 4.22. The number of hydrogen-bond acceptors (Lipinski definition) is 5. The summed E-state index contributed by atoms with van der Waals surface area (Å²) in [5.41, 5.74) is 2.93. The van der Waals surface area contributed by atoms with E-state index in [1.807, 2.05) is 18.2 Å². The molecule has 3 amide bonds. The van der Waals surface area contributed by atoms with Crippen molar-refractivity contribution in [2.24, 2.45) is 0 Å². The number of amides is 3. The zero-order valence-corrected chi connectivity index (χ0v) is 19.8. The van der Waals surface area contributed by atoms with Crippen molar-refractivity contribution in [2.75, 3.05) is 13.1 Å². The molecular weight excluding hydrogens is 442 g/mol. The standard InChI is InChI=1S/C28H31N3O4/c32-26-13-12-24(27(33)29-26)31-17-19-14-21(10-11-22(19)28(31)34)35-25-9-5-4-8-23(25)30-15-20(16-30)18-6-2-1-3-7-18/h1-3,6-7,10-11,14,20,23-25H,4-5,8-9,12-13,15-17H2,(H,29,32,33)/t23-,24+,25+/m0/s1. The lowest BCUT2D eigenvalue weighted by molar-refractivity contribution is -0.136. The van der Waals surface area contributed by atoms with Gasteiger partial charge < -0.3 is 9.64 Å². The number of benzene rings is 2. The first-order chi connectivity index (χ1) is 17.1. The largest absolute Gasteiger partial charge is 0.489 e. The van der Waals surface area contributed by atoms with E-state index in [2.05, 4.69) is 40.5 Å². The van der Waals surface area contributed by atoms with Crippen molar-refractivity contribution in [1.82, 2.24) is 15.1 Å². The van der Waals surface area contributed by atoms with Gasteiger partial charge in [0.1, 0.15) is 17.9 Å². The lowest BCUT2D eigenvalue weighted by Gasteiger charge is -2.48. The Morgan fingerprint density at radius 1 is 0.914 bits per heavy atom. The molecule has 0 radical (unpaired) electrons. The first-order valence-electron chi connectivity index (χ1n) is 12.8. The Bertz CT molecular complexity index is 1140. The molecule has 1 aliphatic carbocycles. The fourth-order valence-electron chi connectivity index (χ4n) is 6.15. The van der Waals surface area contributed by atoms with E-state index in [1.54, 1.807) is 4.90 Å². The lowest BCUT2D eigenvalue weighted by Crippen LogP contribution is -2.57. The molecule has 0 unspecified atom stereocenters. The number of imide groups is 1. The third-order valence-electron chi connectivity index (χ3n) is 8.10. The highest BCUT2D eigenvalue weighted by Crippen LogP contribution is 2.36. The molecule has 6 rings (SSSR count). The summed E-state index contributed by atoms with van der Waals surface area (Å²) in [6.45, 7) is 2.53. The van der Waals surface area contributed by atoms with Crippen LogP contribution in [0.1, 0.15) is 65.9 Å². The second-order valence-corrected chi connectivity index (χ2v) is 10.3. The lowest BCUT2D eigenvalue weighted by atomic mass is 9.84. The number of fused-ring (bicyclic) bond motifs is 1. The first kappa shape index (κ1) is 22.3. The van der Waals surface area contributed by atoms with Gasteiger partial charge in [0.05, 0.1) is 0 Å². The van der Waals surface area contributed by atoms with Crippen LogP contribution in [0.5, 0.6) is 5.75 Å². The van der Waals surface area contributed by atoms with Crippen LogP contribution in [0.2, 0.25) is 0 Å². The predicted molar refractivity (Wildman–Crippen MR) is 130 cm³/mol. The summed E-state index contributed by atoms with van der Waals surface area (Å²) in [6, 6.07) is 16.2. The molecule has 2 saturated heterocycles. The Hall–Kier alpha value is -3.19. The summed E-state index contributed by atoms with van der Waals surface area (Å²) in [5.74, 6) is 0.587. The zero-order chi connectivity index (χ0) is 23.9. The highest BCUT2D eigenvalue weighted by atomic mass is 16.5. The van der Waals surface area contributed by atoms with E-state index in [4.69, 9.17) is 4.74 Å². The van der Waals surface area contributed by atoms with Crippen LogP contribution >= 0.6 is 0 Å². The molecular formula is C28H31N3O4. The van der Waals surface area contributed by atoms with Gasteiger partial charge in [-0.05, 0) is 55.0 Å². The molecule has 3 heterocycles. The van der Waals surface area contributed by atoms with Crippen molar-refractivity contribution in [1.29, 1.82) is 0 Å². The van der Waals surface area contributed by atoms with Gasteiger partial charge in [0, 0.05) is 43.6 Å². The second kappa shape index (κ2) is 9.11. The zero-order valence-electron chi connectivity index (χ0n) is 19.8. The van der Waals surface area contributed by atoms with Crippen LogP contribution in [0.25, 0.3) is 0 Å². The van der Waals surface area contributed by atoms with Crippen LogP contribution in [-0.2, 0) is 16.1 Å². The van der Waals surface area contributed by atoms with Crippen LogP contribution in [0.4, 0.5) is 0 Å². The van der Waals surface area contributed by atoms with Gasteiger partial charge in [-0.15, -0.1) is 0 Å². The van der Waals surface area contributed by atoms with Crippen molar-refractivity contribution in [3.8, 4) is 5.75 Å². The molecule has 4 aliphatic rings. The molecule has 3 fully saturated rings. The fraction of sp³-hybridized carbons (Fsp3) is 0.464. The minimum Gasteiger partial charge on any atom is -0.489 e. The summed E-state index contributed by atoms with van der Waals surface area (Å²) in [5, 5.41) is 2.36. The van der Waals surface area contributed by atoms with Crippen LogP contribution < -0.4 is 10.1 Å². The van der Waals surface area contributed by atoms with E-state index in [0.717, 1.165) is 37.2 Å². The number of piperidine rings is 1. The van der Waals surface area contributed by atoms with E-state index in [-0.39, 0.29) is 30.2 Å². The maximum atomic E-state index is 13.0. The molecule has 1 saturated carbocycles. The van der Waals surface area contributed by atoms with Crippen molar-refractivity contribution < 1.29 is 19.1 Å². The Labute approximate surface area is 205 Å². The minimum absolute atomic E-state index is 0.141. The summed E-state index contributed by atoms with van der Waals surface area (Å²) in [7, 11) is 0. The first-order valence-corrected chi connectivity index (χ1v) is 12.8. The van der Waals surface area contributed by atoms with Crippen LogP contribution in [0.3, 0.4) is 0 Å². The molecule has 7 heteroatoms. The number of hydrogen-bond donors (Lipinski definition) is 1.